The van der Waals surface area contributed by atoms with Crippen molar-refractivity contribution in [3.05, 3.63) is 0 Å². The van der Waals surface area contributed by atoms with Gasteiger partial charge in [-0.25, -0.2) is 0 Å². The van der Waals surface area contributed by atoms with Gasteiger partial charge in [0.2, 0.25) is 0 Å². The molecule has 3 heteroatoms. The molecule has 0 fully saturated rings. The maximum Gasteiger partial charge on any atom is 0.541 e. The Morgan fingerprint density at radius 2 is 1.60 bits per heavy atom. The molecule has 0 atom stereocenters. The summed E-state index contributed by atoms with van der Waals surface area (Å²) < 4.78 is 3.53. The predicted molar refractivity (Wildman–Crippen MR) is 11.2 cm³/mol. The first-order valence-electron chi connectivity index (χ1n) is 0.825. The third-order valence-electron chi connectivity index (χ3n) is 0.0845. The van der Waals surface area contributed by atoms with Crippen molar-refractivity contribution in [3.63, 3.8) is 0 Å². The van der Waals surface area contributed by atoms with Gasteiger partial charge in [0.05, 0.1) is 0 Å². The second-order valence-electron chi connectivity index (χ2n) is 0.264. The molecule has 0 aromatic heterocycles. The van der Waals surface area contributed by atoms with Crippen LogP contribution in [0.1, 0.15) is 0 Å². The van der Waals surface area contributed by atoms with E-state index in [1.807, 2.05) is 0 Å². The summed E-state index contributed by atoms with van der Waals surface area (Å²) in [5, 5.41) is 15.3. The Morgan fingerprint density at radius 3 is 1.60 bits per heavy atom. The van der Waals surface area contributed by atoms with E-state index in [0.717, 1.165) is 0 Å². The van der Waals surface area contributed by atoms with Gasteiger partial charge in [-0.1, -0.05) is 0 Å². The van der Waals surface area contributed by atoms with Crippen molar-refractivity contribution >= 4 is 0 Å². The van der Waals surface area contributed by atoms with E-state index in [4.69, 9.17) is 10.5 Å². The van der Waals surface area contributed by atoms with Crippen LogP contribution in [0.4, 0.5) is 0 Å². The molecule has 0 unspecified atom stereocenters. The van der Waals surface area contributed by atoms with E-state index in [2.05, 4.69) is 0 Å². The fourth-order valence-corrected chi connectivity index (χ4v) is 0.127. The van der Waals surface area contributed by atoms with Crippen molar-refractivity contribution < 1.29 is 21.2 Å². The first-order valence-corrected chi connectivity index (χ1v) is 2.98. The van der Waals surface area contributed by atoms with Gasteiger partial charge in [0.1, 0.15) is 0 Å². The lowest BCUT2D eigenvalue weighted by Gasteiger charge is -1.15. The molecule has 0 aliphatic carbocycles. The quantitative estimate of drug-likeness (QED) is 0.373. The maximum absolute atomic E-state index is 7.64. The summed E-state index contributed by atoms with van der Waals surface area (Å²) in [5.74, 6) is 0. The molecule has 0 aliphatic rings. The highest BCUT2D eigenvalue weighted by Gasteiger charge is 1.95. The van der Waals surface area contributed by atoms with Crippen LogP contribution in [0.3, 0.4) is 0 Å². The smallest absolute Gasteiger partial charge is 0.138 e. The Morgan fingerprint density at radius 1 is 1.20 bits per heavy atom. The Labute approximate surface area is 40.3 Å². The summed E-state index contributed by atoms with van der Waals surface area (Å²) in [6.07, 6.45) is 0. The second kappa shape index (κ2) is 3.71. The van der Waals surface area contributed by atoms with E-state index < -0.39 is 21.2 Å². The molecule has 5 heavy (non-hydrogen) atoms. The number of halogens is 1. The molecule has 0 amide bonds. The third-order valence-corrected chi connectivity index (χ3v) is 0.567. The molecule has 0 heterocycles. The zero-order chi connectivity index (χ0) is 4.12. The molecule has 0 bridgehead atoms. The largest absolute Gasteiger partial charge is 0.541 e. The van der Waals surface area contributed by atoms with Crippen LogP contribution in [0.5, 0.6) is 0 Å². The van der Waals surface area contributed by atoms with Gasteiger partial charge in [0, 0.05) is 0 Å². The molecule has 0 saturated heterocycles. The molecular weight excluding hydrogens is 179 g/mol. The average molecular weight is 179 g/mol. The number of hydrogen-bond donors (Lipinski definition) is 0. The summed E-state index contributed by atoms with van der Waals surface area (Å²) in [4.78, 5) is 0. The van der Waals surface area contributed by atoms with E-state index in [1.165, 1.54) is 0 Å². The lowest BCUT2D eigenvalue weighted by molar-refractivity contribution is -0.475. The minimum Gasteiger partial charge on any atom is -0.138 e. The van der Waals surface area contributed by atoms with Gasteiger partial charge in [-0.15, -0.1) is 10.5 Å². The van der Waals surface area contributed by atoms with Crippen molar-refractivity contribution in [3.8, 4) is 8.15 Å². The monoisotopic (exact) mass is 179 g/mol. The van der Waals surface area contributed by atoms with Crippen molar-refractivity contribution in [1.82, 2.24) is 0 Å². The van der Waals surface area contributed by atoms with Crippen LogP contribution in [-0.2, 0) is 0 Å². The molecule has 0 aromatic carbocycles. The van der Waals surface area contributed by atoms with Crippen LogP contribution in [0, 0.1) is 18.7 Å². The van der Waals surface area contributed by atoms with Gasteiger partial charge in [0.15, 0.2) is 0 Å². The minimum atomic E-state index is -0.758. The number of hydrogen-bond acceptors (Lipinski definition) is 2. The number of rotatable bonds is 0. The maximum atomic E-state index is 7.64. The highest BCUT2D eigenvalue weighted by atomic mass is 127. The van der Waals surface area contributed by atoms with Crippen molar-refractivity contribution in [1.29, 1.82) is 10.5 Å². The van der Waals surface area contributed by atoms with Crippen LogP contribution in [-0.4, -0.2) is 0 Å². The lowest BCUT2D eigenvalue weighted by Crippen LogP contribution is -3.57. The summed E-state index contributed by atoms with van der Waals surface area (Å²) in [6.45, 7) is 0. The molecule has 0 N–H and O–H groups in total. The lowest BCUT2D eigenvalue weighted by atomic mass is 11.8. The predicted octanol–water partition coefficient (Wildman–Crippen LogP) is -2.96. The number of nitrogens with zero attached hydrogens (tertiary/aromatic N) is 2. The molecule has 0 saturated carbocycles. The zero-order valence-electron chi connectivity index (χ0n) is 2.27. The van der Waals surface area contributed by atoms with Gasteiger partial charge in [-0.2, -0.15) is 0 Å². The molecule has 0 spiro atoms. The Bertz CT molecular complexity index is 72.8. The van der Waals surface area contributed by atoms with Crippen LogP contribution in [0.2, 0.25) is 0 Å². The van der Waals surface area contributed by atoms with E-state index in [1.54, 1.807) is 8.15 Å². The Hall–Kier alpha value is -0.290. The van der Waals surface area contributed by atoms with Gasteiger partial charge in [-0.3, -0.25) is 0 Å². The van der Waals surface area contributed by atoms with Crippen LogP contribution < -0.4 is 21.2 Å². The van der Waals surface area contributed by atoms with Gasteiger partial charge >= 0.3 is 29.4 Å². The standard InChI is InChI=1S/C2IN2/c4-1-3-2-5/q+1. The van der Waals surface area contributed by atoms with Gasteiger partial charge < -0.3 is 0 Å². The van der Waals surface area contributed by atoms with E-state index in [-0.39, 0.29) is 0 Å². The van der Waals surface area contributed by atoms with Gasteiger partial charge in [0.25, 0.3) is 0 Å². The van der Waals surface area contributed by atoms with Crippen molar-refractivity contribution in [2.45, 2.75) is 0 Å². The first-order chi connectivity index (χ1) is 2.41. The molecule has 0 aliphatic heterocycles. The highest BCUT2D eigenvalue weighted by Crippen LogP contribution is 0.897. The molecule has 2 nitrogen and oxygen atoms in total. The minimum absolute atomic E-state index is 0.758. The van der Waals surface area contributed by atoms with Crippen LogP contribution in [0.15, 0.2) is 0 Å². The van der Waals surface area contributed by atoms with E-state index >= 15 is 0 Å². The van der Waals surface area contributed by atoms with E-state index in [0.29, 0.717) is 0 Å². The van der Waals surface area contributed by atoms with E-state index in [9.17, 15) is 0 Å². The van der Waals surface area contributed by atoms with Crippen molar-refractivity contribution in [2.24, 2.45) is 0 Å². The molecule has 0 aromatic rings. The molecule has 0 rings (SSSR count). The Balaban J connectivity index is 2.86. The number of nitriles is 2. The highest BCUT2D eigenvalue weighted by molar-refractivity contribution is 4.46. The third kappa shape index (κ3) is 3.71. The summed E-state index contributed by atoms with van der Waals surface area (Å²) >= 11 is -0.758. The molecule has 24 valence electrons. The second-order valence-corrected chi connectivity index (χ2v) is 1.77. The van der Waals surface area contributed by atoms with Crippen LogP contribution in [0.25, 0.3) is 0 Å². The average Bonchev–Trinajstić information content (AvgIpc) is 1.41. The molecular formula is C2IN2+. The fourth-order valence-electron chi connectivity index (χ4n) is 0.0189. The zero-order valence-corrected chi connectivity index (χ0v) is 4.43. The first kappa shape index (κ1) is 4.71. The topological polar surface area (TPSA) is 47.6 Å². The van der Waals surface area contributed by atoms with Gasteiger partial charge in [-0.05, 0) is 0 Å². The SMILES string of the molecule is N#C[I+]C#N. The normalized spacial score (nSPS) is 4.40. The molecule has 0 radical (unpaired) electrons. The Kier molecular flexibility index (Phi) is 3.49. The van der Waals surface area contributed by atoms with Crippen LogP contribution >= 0.6 is 0 Å². The fraction of sp³-hybridized carbons (Fsp3) is 0. The van der Waals surface area contributed by atoms with Crippen molar-refractivity contribution in [2.75, 3.05) is 0 Å². The summed E-state index contributed by atoms with van der Waals surface area (Å²) in [6, 6.07) is 0. The summed E-state index contributed by atoms with van der Waals surface area (Å²) in [5.41, 5.74) is 0. The summed E-state index contributed by atoms with van der Waals surface area (Å²) in [7, 11) is 0.